The molecule has 20 heavy (non-hydrogen) atoms. The molecule has 114 valence electrons. The molecule has 0 heterocycles. The van der Waals surface area contributed by atoms with Gasteiger partial charge < -0.3 is 14.8 Å². The van der Waals surface area contributed by atoms with Crippen LogP contribution >= 0.6 is 0 Å². The van der Waals surface area contributed by atoms with Crippen molar-refractivity contribution >= 4 is 0 Å². The van der Waals surface area contributed by atoms with Gasteiger partial charge in [-0.1, -0.05) is 32.9 Å². The molecule has 1 N–H and O–H groups in total. The molecule has 1 atom stereocenters. The van der Waals surface area contributed by atoms with Gasteiger partial charge in [-0.05, 0) is 44.4 Å². The van der Waals surface area contributed by atoms with Crippen molar-refractivity contribution in [2.45, 2.75) is 52.5 Å². The molecule has 0 bridgehead atoms. The summed E-state index contributed by atoms with van der Waals surface area (Å²) in [7, 11) is 0. The fourth-order valence-electron chi connectivity index (χ4n) is 2.15. The molecule has 3 nitrogen and oxygen atoms in total. The number of hydrogen-bond donors (Lipinski definition) is 1. The van der Waals surface area contributed by atoms with Crippen LogP contribution in [0.3, 0.4) is 0 Å². The summed E-state index contributed by atoms with van der Waals surface area (Å²) in [6.07, 6.45) is 4.40. The zero-order chi connectivity index (χ0) is 14.6. The van der Waals surface area contributed by atoms with Crippen molar-refractivity contribution in [2.24, 2.45) is 0 Å². The molecule has 1 unspecified atom stereocenters. The van der Waals surface area contributed by atoms with Crippen LogP contribution < -0.4 is 14.8 Å². The average Bonchev–Trinajstić information content (AvgIpc) is 2.49. The molecule has 1 aromatic rings. The molecule has 0 saturated heterocycles. The lowest BCUT2D eigenvalue weighted by molar-refractivity contribution is 0.259. The van der Waals surface area contributed by atoms with E-state index in [-0.39, 0.29) is 0 Å². The van der Waals surface area contributed by atoms with Gasteiger partial charge in [-0.25, -0.2) is 0 Å². The van der Waals surface area contributed by atoms with Gasteiger partial charge >= 0.3 is 0 Å². The largest absolute Gasteiger partial charge is 0.490 e. The molecule has 0 aliphatic carbocycles. The Balaban J connectivity index is 2.34. The van der Waals surface area contributed by atoms with Crippen molar-refractivity contribution in [3.05, 3.63) is 24.3 Å². The van der Waals surface area contributed by atoms with Gasteiger partial charge in [0.15, 0.2) is 11.5 Å². The Morgan fingerprint density at radius 3 is 2.20 bits per heavy atom. The average molecular weight is 279 g/mol. The first-order chi connectivity index (χ1) is 9.81. The summed E-state index contributed by atoms with van der Waals surface area (Å²) in [5.74, 6) is 1.71. The Morgan fingerprint density at radius 2 is 1.65 bits per heavy atom. The van der Waals surface area contributed by atoms with Gasteiger partial charge in [-0.3, -0.25) is 0 Å². The summed E-state index contributed by atoms with van der Waals surface area (Å²) >= 11 is 0. The maximum atomic E-state index is 5.85. The highest BCUT2D eigenvalue weighted by Gasteiger charge is 2.06. The van der Waals surface area contributed by atoms with Crippen LogP contribution in [0.25, 0.3) is 0 Å². The third kappa shape index (κ3) is 6.29. The summed E-state index contributed by atoms with van der Waals surface area (Å²) < 4.78 is 11.5. The minimum Gasteiger partial charge on any atom is -0.490 e. The van der Waals surface area contributed by atoms with E-state index in [0.29, 0.717) is 6.04 Å². The van der Waals surface area contributed by atoms with E-state index in [4.69, 9.17) is 9.47 Å². The topological polar surface area (TPSA) is 30.5 Å². The lowest BCUT2D eigenvalue weighted by Crippen LogP contribution is -2.28. The first kappa shape index (κ1) is 16.8. The van der Waals surface area contributed by atoms with E-state index in [1.54, 1.807) is 0 Å². The smallest absolute Gasteiger partial charge is 0.161 e. The number of benzene rings is 1. The van der Waals surface area contributed by atoms with Gasteiger partial charge in [0.1, 0.15) is 0 Å². The summed E-state index contributed by atoms with van der Waals surface area (Å²) in [5, 5.41) is 3.49. The summed E-state index contributed by atoms with van der Waals surface area (Å²) in [6, 6.07) is 8.53. The van der Waals surface area contributed by atoms with Crippen molar-refractivity contribution in [2.75, 3.05) is 19.8 Å². The van der Waals surface area contributed by atoms with E-state index in [0.717, 1.165) is 50.5 Å². The van der Waals surface area contributed by atoms with Crippen LogP contribution in [0.2, 0.25) is 0 Å². The third-order valence-corrected chi connectivity index (χ3v) is 3.25. The minimum absolute atomic E-state index is 0.607. The molecular weight excluding hydrogens is 250 g/mol. The monoisotopic (exact) mass is 279 g/mol. The molecule has 0 saturated carbocycles. The lowest BCUT2D eigenvalue weighted by Gasteiger charge is -2.16. The SMILES string of the molecule is CCCOc1ccccc1OCCCC(CC)NCC. The van der Waals surface area contributed by atoms with Crippen molar-refractivity contribution in [1.82, 2.24) is 5.32 Å². The van der Waals surface area contributed by atoms with Crippen molar-refractivity contribution in [3.63, 3.8) is 0 Å². The Kier molecular flexibility index (Phi) is 8.88. The standard InChI is InChI=1S/C17H29NO2/c1-4-13-19-16-11-7-8-12-17(16)20-14-9-10-15(5-2)18-6-3/h7-8,11-12,15,18H,4-6,9-10,13-14H2,1-3H3. The first-order valence-corrected chi connectivity index (χ1v) is 7.89. The maximum Gasteiger partial charge on any atom is 0.161 e. The molecule has 0 aliphatic heterocycles. The molecule has 3 heteroatoms. The van der Waals surface area contributed by atoms with Crippen LogP contribution in [0.15, 0.2) is 24.3 Å². The highest BCUT2D eigenvalue weighted by Crippen LogP contribution is 2.26. The van der Waals surface area contributed by atoms with Crippen molar-refractivity contribution in [1.29, 1.82) is 0 Å². The molecule has 0 aliphatic rings. The third-order valence-electron chi connectivity index (χ3n) is 3.25. The second-order valence-corrected chi connectivity index (χ2v) is 4.95. The fourth-order valence-corrected chi connectivity index (χ4v) is 2.15. The van der Waals surface area contributed by atoms with Gasteiger partial charge in [0.25, 0.3) is 0 Å². The second kappa shape index (κ2) is 10.6. The number of para-hydroxylation sites is 2. The van der Waals surface area contributed by atoms with E-state index >= 15 is 0 Å². The van der Waals surface area contributed by atoms with E-state index in [2.05, 4.69) is 26.1 Å². The van der Waals surface area contributed by atoms with Crippen LogP contribution in [0.4, 0.5) is 0 Å². The minimum atomic E-state index is 0.607. The maximum absolute atomic E-state index is 5.85. The van der Waals surface area contributed by atoms with Gasteiger partial charge in [0.05, 0.1) is 13.2 Å². The van der Waals surface area contributed by atoms with Crippen LogP contribution in [-0.2, 0) is 0 Å². The van der Waals surface area contributed by atoms with Crippen LogP contribution in [0, 0.1) is 0 Å². The van der Waals surface area contributed by atoms with Gasteiger partial charge in [-0.15, -0.1) is 0 Å². The zero-order valence-electron chi connectivity index (χ0n) is 13.2. The number of ether oxygens (including phenoxy) is 2. The molecule has 0 radical (unpaired) electrons. The number of nitrogens with one attached hydrogen (secondary N) is 1. The summed E-state index contributed by atoms with van der Waals surface area (Å²) in [4.78, 5) is 0. The summed E-state index contributed by atoms with van der Waals surface area (Å²) in [6.45, 7) is 9.00. The highest BCUT2D eigenvalue weighted by molar-refractivity contribution is 5.39. The Hall–Kier alpha value is -1.22. The Bertz CT molecular complexity index is 355. The molecule has 1 aromatic carbocycles. The molecule has 0 spiro atoms. The zero-order valence-corrected chi connectivity index (χ0v) is 13.2. The van der Waals surface area contributed by atoms with Crippen molar-refractivity contribution in [3.8, 4) is 11.5 Å². The normalized spacial score (nSPS) is 12.2. The molecule has 0 aromatic heterocycles. The van der Waals surface area contributed by atoms with E-state index in [9.17, 15) is 0 Å². The van der Waals surface area contributed by atoms with E-state index in [1.807, 2.05) is 24.3 Å². The highest BCUT2D eigenvalue weighted by atomic mass is 16.5. The van der Waals surface area contributed by atoms with Gasteiger partial charge in [0.2, 0.25) is 0 Å². The number of hydrogen-bond acceptors (Lipinski definition) is 3. The predicted molar refractivity (Wildman–Crippen MR) is 84.7 cm³/mol. The molecular formula is C17H29NO2. The van der Waals surface area contributed by atoms with Gasteiger partial charge in [-0.2, -0.15) is 0 Å². The van der Waals surface area contributed by atoms with Crippen LogP contribution in [0.1, 0.15) is 46.5 Å². The van der Waals surface area contributed by atoms with E-state index in [1.165, 1.54) is 6.42 Å². The molecule has 0 amide bonds. The fraction of sp³-hybridized carbons (Fsp3) is 0.647. The van der Waals surface area contributed by atoms with Crippen molar-refractivity contribution < 1.29 is 9.47 Å². The number of rotatable bonds is 11. The Labute approximate surface area is 123 Å². The quantitative estimate of drug-likeness (QED) is 0.621. The summed E-state index contributed by atoms with van der Waals surface area (Å²) in [5.41, 5.74) is 0. The van der Waals surface area contributed by atoms with Crippen LogP contribution in [-0.4, -0.2) is 25.8 Å². The second-order valence-electron chi connectivity index (χ2n) is 4.95. The van der Waals surface area contributed by atoms with Gasteiger partial charge in [0, 0.05) is 6.04 Å². The van der Waals surface area contributed by atoms with E-state index < -0.39 is 0 Å². The molecule has 0 fully saturated rings. The molecule has 1 rings (SSSR count). The first-order valence-electron chi connectivity index (χ1n) is 7.89. The van der Waals surface area contributed by atoms with Crippen LogP contribution in [0.5, 0.6) is 11.5 Å². The Morgan fingerprint density at radius 1 is 1.00 bits per heavy atom. The predicted octanol–water partition coefficient (Wildman–Crippen LogP) is 4.02. The lowest BCUT2D eigenvalue weighted by atomic mass is 10.1.